The lowest BCUT2D eigenvalue weighted by atomic mass is 10.1. The molecule has 0 aliphatic carbocycles. The predicted molar refractivity (Wildman–Crippen MR) is 101 cm³/mol. The molecule has 0 aliphatic rings. The van der Waals surface area contributed by atoms with Crippen molar-refractivity contribution in [1.82, 2.24) is 4.98 Å². The molecule has 2 heterocycles. The molecule has 0 unspecified atom stereocenters. The van der Waals surface area contributed by atoms with Crippen LogP contribution in [-0.2, 0) is 0 Å². The minimum absolute atomic E-state index is 0.105. The van der Waals surface area contributed by atoms with Crippen LogP contribution in [0.25, 0.3) is 11.3 Å². The van der Waals surface area contributed by atoms with Crippen LogP contribution >= 0.6 is 22.7 Å². The van der Waals surface area contributed by atoms with Gasteiger partial charge in [0.25, 0.3) is 5.91 Å². The first-order valence-electron chi connectivity index (χ1n) is 7.48. The van der Waals surface area contributed by atoms with Crippen molar-refractivity contribution in [2.45, 2.75) is 20.8 Å². The van der Waals surface area contributed by atoms with Crippen LogP contribution in [0, 0.1) is 20.8 Å². The average molecular weight is 358 g/mol. The number of rotatable bonds is 4. The van der Waals surface area contributed by atoms with E-state index in [0.717, 1.165) is 32.3 Å². The molecular weight excluding hydrogens is 340 g/mol. The number of carbonyl (C=O) groups is 1. The maximum absolute atomic E-state index is 12.4. The predicted octanol–water partition coefficient (Wildman–Crippen LogP) is 5.06. The summed E-state index contributed by atoms with van der Waals surface area (Å²) in [5.41, 5.74) is 3.03. The van der Waals surface area contributed by atoms with Gasteiger partial charge in [0, 0.05) is 15.3 Å². The summed E-state index contributed by atoms with van der Waals surface area (Å²) >= 11 is 2.99. The molecule has 0 bridgehead atoms. The van der Waals surface area contributed by atoms with Crippen molar-refractivity contribution in [3.63, 3.8) is 0 Å². The molecule has 0 spiro atoms. The van der Waals surface area contributed by atoms with E-state index in [9.17, 15) is 4.79 Å². The highest BCUT2D eigenvalue weighted by molar-refractivity contribution is 7.16. The second-order valence-electron chi connectivity index (χ2n) is 5.46. The number of thiazole rings is 1. The molecule has 1 amide bonds. The number of thiophene rings is 1. The van der Waals surface area contributed by atoms with Gasteiger partial charge in [-0.1, -0.05) is 0 Å². The molecule has 24 heavy (non-hydrogen) atoms. The van der Waals surface area contributed by atoms with Gasteiger partial charge in [-0.3, -0.25) is 10.1 Å². The van der Waals surface area contributed by atoms with Crippen molar-refractivity contribution >= 4 is 33.7 Å². The smallest absolute Gasteiger partial charge is 0.267 e. The quantitative estimate of drug-likeness (QED) is 0.709. The van der Waals surface area contributed by atoms with Gasteiger partial charge in [-0.05, 0) is 56.7 Å². The number of anilines is 1. The summed E-state index contributed by atoms with van der Waals surface area (Å²) in [7, 11) is 1.64. The Balaban J connectivity index is 1.81. The van der Waals surface area contributed by atoms with Crippen molar-refractivity contribution in [2.75, 3.05) is 12.4 Å². The normalized spacial score (nSPS) is 10.7. The zero-order chi connectivity index (χ0) is 17.3. The number of aromatic nitrogens is 1. The summed E-state index contributed by atoms with van der Waals surface area (Å²) in [5, 5.41) is 3.52. The fraction of sp³-hybridized carbons (Fsp3) is 0.222. The number of hydrogen-bond acceptors (Lipinski definition) is 5. The summed E-state index contributed by atoms with van der Waals surface area (Å²) in [6.45, 7) is 6.04. The number of hydrogen-bond donors (Lipinski definition) is 1. The molecule has 0 atom stereocenters. The SMILES string of the molecule is COc1ccc(-c2nc(NC(=O)c3cc(C)c(C)s3)sc2C)cc1. The summed E-state index contributed by atoms with van der Waals surface area (Å²) < 4.78 is 5.18. The van der Waals surface area contributed by atoms with Gasteiger partial charge < -0.3 is 4.74 Å². The second kappa shape index (κ2) is 6.75. The van der Waals surface area contributed by atoms with E-state index in [1.807, 2.05) is 51.1 Å². The molecule has 124 valence electrons. The van der Waals surface area contributed by atoms with Crippen molar-refractivity contribution in [2.24, 2.45) is 0 Å². The van der Waals surface area contributed by atoms with Crippen molar-refractivity contribution in [3.05, 3.63) is 50.5 Å². The van der Waals surface area contributed by atoms with E-state index in [1.54, 1.807) is 7.11 Å². The topological polar surface area (TPSA) is 51.2 Å². The molecular formula is C18H18N2O2S2. The number of benzene rings is 1. The first kappa shape index (κ1) is 16.7. The fourth-order valence-electron chi connectivity index (χ4n) is 2.31. The van der Waals surface area contributed by atoms with Gasteiger partial charge in [-0.15, -0.1) is 22.7 Å². The zero-order valence-electron chi connectivity index (χ0n) is 14.0. The Morgan fingerprint density at radius 3 is 2.38 bits per heavy atom. The lowest BCUT2D eigenvalue weighted by molar-refractivity contribution is 0.103. The third-order valence-electron chi connectivity index (χ3n) is 3.77. The van der Waals surface area contributed by atoms with Crippen LogP contribution in [0.2, 0.25) is 0 Å². The molecule has 0 saturated carbocycles. The lowest BCUT2D eigenvalue weighted by Gasteiger charge is -2.01. The zero-order valence-corrected chi connectivity index (χ0v) is 15.6. The molecule has 0 fully saturated rings. The van der Waals surface area contributed by atoms with E-state index >= 15 is 0 Å². The molecule has 4 nitrogen and oxygen atoms in total. The number of nitrogens with zero attached hydrogens (tertiary/aromatic N) is 1. The highest BCUT2D eigenvalue weighted by Crippen LogP contribution is 2.32. The minimum atomic E-state index is -0.105. The van der Waals surface area contributed by atoms with Crippen molar-refractivity contribution < 1.29 is 9.53 Å². The number of aryl methyl sites for hydroxylation is 3. The molecule has 1 aromatic carbocycles. The largest absolute Gasteiger partial charge is 0.497 e. The Bertz CT molecular complexity index is 860. The van der Waals surface area contributed by atoms with Crippen molar-refractivity contribution in [3.8, 4) is 17.0 Å². The van der Waals surface area contributed by atoms with Gasteiger partial charge in [0.2, 0.25) is 0 Å². The minimum Gasteiger partial charge on any atom is -0.497 e. The van der Waals surface area contributed by atoms with Gasteiger partial charge in [0.15, 0.2) is 5.13 Å². The van der Waals surface area contributed by atoms with E-state index in [4.69, 9.17) is 4.74 Å². The van der Waals surface area contributed by atoms with Gasteiger partial charge in [0.05, 0.1) is 17.7 Å². The summed E-state index contributed by atoms with van der Waals surface area (Å²) in [4.78, 5) is 19.9. The Morgan fingerprint density at radius 2 is 1.79 bits per heavy atom. The molecule has 0 aliphatic heterocycles. The third-order valence-corrected chi connectivity index (χ3v) is 5.81. The highest BCUT2D eigenvalue weighted by atomic mass is 32.1. The lowest BCUT2D eigenvalue weighted by Crippen LogP contribution is -2.09. The molecule has 2 aromatic heterocycles. The number of nitrogens with one attached hydrogen (secondary N) is 1. The highest BCUT2D eigenvalue weighted by Gasteiger charge is 2.15. The third kappa shape index (κ3) is 3.34. The molecule has 3 aromatic rings. The molecule has 0 radical (unpaired) electrons. The van der Waals surface area contributed by atoms with E-state index in [-0.39, 0.29) is 5.91 Å². The number of amides is 1. The monoisotopic (exact) mass is 358 g/mol. The first-order valence-corrected chi connectivity index (χ1v) is 9.11. The molecule has 6 heteroatoms. The Hall–Kier alpha value is -2.18. The van der Waals surface area contributed by atoms with Gasteiger partial charge in [-0.2, -0.15) is 0 Å². The average Bonchev–Trinajstić information content (AvgIpc) is 3.10. The van der Waals surface area contributed by atoms with Crippen LogP contribution in [-0.4, -0.2) is 18.0 Å². The van der Waals surface area contributed by atoms with E-state index in [0.29, 0.717) is 10.0 Å². The maximum Gasteiger partial charge on any atom is 0.267 e. The van der Waals surface area contributed by atoms with E-state index in [2.05, 4.69) is 10.3 Å². The van der Waals surface area contributed by atoms with Gasteiger partial charge in [0.1, 0.15) is 5.75 Å². The molecule has 0 saturated heterocycles. The van der Waals surface area contributed by atoms with Crippen LogP contribution in [0.1, 0.15) is 25.0 Å². The molecule has 3 rings (SSSR count). The van der Waals surface area contributed by atoms with Crippen LogP contribution in [0.4, 0.5) is 5.13 Å². The fourth-order valence-corrected chi connectivity index (χ4v) is 4.07. The standard InChI is InChI=1S/C18H18N2O2S2/c1-10-9-15(23-11(10)2)17(21)20-18-19-16(12(3)24-18)13-5-7-14(22-4)8-6-13/h5-9H,1-4H3,(H,19,20,21). The van der Waals surface area contributed by atoms with Gasteiger partial charge in [-0.25, -0.2) is 4.98 Å². The van der Waals surface area contributed by atoms with Crippen LogP contribution < -0.4 is 10.1 Å². The van der Waals surface area contributed by atoms with Crippen LogP contribution in [0.15, 0.2) is 30.3 Å². The summed E-state index contributed by atoms with van der Waals surface area (Å²) in [5.74, 6) is 0.704. The Kier molecular flexibility index (Phi) is 4.69. The van der Waals surface area contributed by atoms with E-state index < -0.39 is 0 Å². The number of ether oxygens (including phenoxy) is 1. The second-order valence-corrected chi connectivity index (χ2v) is 7.92. The Morgan fingerprint density at radius 1 is 1.08 bits per heavy atom. The first-order chi connectivity index (χ1) is 11.5. The number of methoxy groups -OCH3 is 1. The van der Waals surface area contributed by atoms with E-state index in [1.165, 1.54) is 22.7 Å². The van der Waals surface area contributed by atoms with Crippen molar-refractivity contribution in [1.29, 1.82) is 0 Å². The molecule has 1 N–H and O–H groups in total. The Labute approximate surface area is 149 Å². The number of carbonyl (C=O) groups excluding carboxylic acids is 1. The van der Waals surface area contributed by atoms with Gasteiger partial charge >= 0.3 is 0 Å². The van der Waals surface area contributed by atoms with Crippen LogP contribution in [0.5, 0.6) is 5.75 Å². The summed E-state index contributed by atoms with van der Waals surface area (Å²) in [6, 6.07) is 9.67. The summed E-state index contributed by atoms with van der Waals surface area (Å²) in [6.07, 6.45) is 0. The van der Waals surface area contributed by atoms with Crippen LogP contribution in [0.3, 0.4) is 0 Å². The maximum atomic E-state index is 12.4.